The lowest BCUT2D eigenvalue weighted by Gasteiger charge is -2.23. The van der Waals surface area contributed by atoms with Crippen LogP contribution in [0.3, 0.4) is 0 Å². The first kappa shape index (κ1) is 10.7. The molecule has 0 atom stereocenters. The van der Waals surface area contributed by atoms with Gasteiger partial charge in [0, 0.05) is 6.92 Å². The van der Waals surface area contributed by atoms with E-state index in [1.165, 1.54) is 6.92 Å². The lowest BCUT2D eigenvalue weighted by molar-refractivity contribution is -0.114. The van der Waals surface area contributed by atoms with E-state index in [4.69, 9.17) is 4.74 Å². The summed E-state index contributed by atoms with van der Waals surface area (Å²) in [5, 5.41) is 6.06. The highest BCUT2D eigenvalue weighted by atomic mass is 16.5. The predicted molar refractivity (Wildman–Crippen MR) is 70.5 cm³/mol. The molecule has 4 nitrogen and oxygen atoms in total. The maximum absolute atomic E-state index is 11.2. The molecular formula is C14H12N2O2. The third kappa shape index (κ3) is 1.78. The Morgan fingerprint density at radius 1 is 1.11 bits per heavy atom. The van der Waals surface area contributed by atoms with Crippen LogP contribution in [0.5, 0.6) is 11.5 Å². The number of carbonyl (C=O) groups is 1. The zero-order chi connectivity index (χ0) is 12.5. The van der Waals surface area contributed by atoms with Crippen molar-refractivity contribution >= 4 is 23.0 Å². The standard InChI is InChI=1S/C14H12N2O2/c1-9(17)15-11-6-4-8-13-14(11)16-10-5-2-3-7-12(10)18-13/h2-8,16H,1H3,(H,15,17). The quantitative estimate of drug-likeness (QED) is 0.684. The number of benzene rings is 2. The molecule has 3 rings (SSSR count). The number of nitrogens with one attached hydrogen (secondary N) is 2. The Labute approximate surface area is 105 Å². The molecule has 2 N–H and O–H groups in total. The number of fused-ring (bicyclic) bond motifs is 2. The van der Waals surface area contributed by atoms with Gasteiger partial charge < -0.3 is 15.4 Å². The lowest BCUT2D eigenvalue weighted by atomic mass is 10.2. The molecule has 0 unspecified atom stereocenters. The van der Waals surface area contributed by atoms with Crippen LogP contribution in [-0.2, 0) is 4.79 Å². The van der Waals surface area contributed by atoms with E-state index in [1.807, 2.05) is 42.5 Å². The Morgan fingerprint density at radius 2 is 1.89 bits per heavy atom. The molecule has 0 radical (unpaired) electrons. The van der Waals surface area contributed by atoms with E-state index in [-0.39, 0.29) is 5.91 Å². The fourth-order valence-electron chi connectivity index (χ4n) is 1.95. The molecule has 0 aliphatic carbocycles. The van der Waals surface area contributed by atoms with E-state index in [1.54, 1.807) is 0 Å². The van der Waals surface area contributed by atoms with Crippen molar-refractivity contribution in [1.82, 2.24) is 0 Å². The summed E-state index contributed by atoms with van der Waals surface area (Å²) < 4.78 is 5.79. The minimum Gasteiger partial charge on any atom is -0.453 e. The number of para-hydroxylation sites is 3. The summed E-state index contributed by atoms with van der Waals surface area (Å²) in [6, 6.07) is 13.2. The molecule has 0 saturated heterocycles. The summed E-state index contributed by atoms with van der Waals surface area (Å²) in [6.45, 7) is 1.48. The lowest BCUT2D eigenvalue weighted by Crippen LogP contribution is -2.10. The summed E-state index contributed by atoms with van der Waals surface area (Å²) in [4.78, 5) is 11.2. The summed E-state index contributed by atoms with van der Waals surface area (Å²) in [5.74, 6) is 1.38. The zero-order valence-electron chi connectivity index (χ0n) is 9.86. The Bertz CT molecular complexity index is 623. The molecular weight excluding hydrogens is 228 g/mol. The zero-order valence-corrected chi connectivity index (χ0v) is 9.86. The largest absolute Gasteiger partial charge is 0.453 e. The number of amides is 1. The van der Waals surface area contributed by atoms with Crippen LogP contribution in [0.4, 0.5) is 17.1 Å². The summed E-state index contributed by atoms with van der Waals surface area (Å²) >= 11 is 0. The van der Waals surface area contributed by atoms with Gasteiger partial charge in [-0.05, 0) is 24.3 Å². The first-order valence-corrected chi connectivity index (χ1v) is 5.68. The fourth-order valence-corrected chi connectivity index (χ4v) is 1.95. The van der Waals surface area contributed by atoms with E-state index >= 15 is 0 Å². The van der Waals surface area contributed by atoms with Crippen LogP contribution in [0.25, 0.3) is 0 Å². The average Bonchev–Trinajstić information content (AvgIpc) is 2.36. The van der Waals surface area contributed by atoms with Gasteiger partial charge in [-0.1, -0.05) is 18.2 Å². The molecule has 1 aliphatic rings. The maximum atomic E-state index is 11.2. The van der Waals surface area contributed by atoms with Crippen molar-refractivity contribution < 1.29 is 9.53 Å². The van der Waals surface area contributed by atoms with Crippen LogP contribution in [0.1, 0.15) is 6.92 Å². The van der Waals surface area contributed by atoms with E-state index in [0.29, 0.717) is 5.75 Å². The van der Waals surface area contributed by atoms with Crippen molar-refractivity contribution in [3.05, 3.63) is 42.5 Å². The van der Waals surface area contributed by atoms with Crippen molar-refractivity contribution in [3.63, 3.8) is 0 Å². The molecule has 0 fully saturated rings. The first-order valence-electron chi connectivity index (χ1n) is 5.68. The third-order valence-electron chi connectivity index (χ3n) is 2.70. The fraction of sp³-hybridized carbons (Fsp3) is 0.0714. The van der Waals surface area contributed by atoms with Crippen LogP contribution in [0.15, 0.2) is 42.5 Å². The molecule has 4 heteroatoms. The second kappa shape index (κ2) is 4.07. The second-order valence-corrected chi connectivity index (χ2v) is 4.08. The van der Waals surface area contributed by atoms with Gasteiger partial charge in [0.2, 0.25) is 5.91 Å². The summed E-state index contributed by atoms with van der Waals surface area (Å²) in [5.41, 5.74) is 2.39. The molecule has 2 aromatic rings. The van der Waals surface area contributed by atoms with E-state index < -0.39 is 0 Å². The Hall–Kier alpha value is -2.49. The number of anilines is 3. The minimum absolute atomic E-state index is 0.107. The van der Waals surface area contributed by atoms with E-state index in [2.05, 4.69) is 10.6 Å². The summed E-state index contributed by atoms with van der Waals surface area (Å²) in [7, 11) is 0. The van der Waals surface area contributed by atoms with Gasteiger partial charge in [-0.2, -0.15) is 0 Å². The molecule has 0 saturated carbocycles. The maximum Gasteiger partial charge on any atom is 0.221 e. The van der Waals surface area contributed by atoms with Crippen molar-refractivity contribution in [2.24, 2.45) is 0 Å². The summed E-state index contributed by atoms with van der Waals surface area (Å²) in [6.07, 6.45) is 0. The highest BCUT2D eigenvalue weighted by molar-refractivity contribution is 5.96. The van der Waals surface area contributed by atoms with Gasteiger partial charge in [-0.15, -0.1) is 0 Å². The number of ether oxygens (including phenoxy) is 1. The molecule has 1 heterocycles. The van der Waals surface area contributed by atoms with Gasteiger partial charge >= 0.3 is 0 Å². The smallest absolute Gasteiger partial charge is 0.221 e. The molecule has 1 amide bonds. The molecule has 1 aliphatic heterocycles. The third-order valence-corrected chi connectivity index (χ3v) is 2.70. The van der Waals surface area contributed by atoms with Crippen LogP contribution in [-0.4, -0.2) is 5.91 Å². The highest BCUT2D eigenvalue weighted by Gasteiger charge is 2.18. The van der Waals surface area contributed by atoms with E-state index in [9.17, 15) is 4.79 Å². The minimum atomic E-state index is -0.107. The van der Waals surface area contributed by atoms with Crippen molar-refractivity contribution in [2.45, 2.75) is 6.92 Å². The van der Waals surface area contributed by atoms with Crippen LogP contribution >= 0.6 is 0 Å². The Morgan fingerprint density at radius 3 is 2.72 bits per heavy atom. The first-order chi connectivity index (χ1) is 8.74. The Kier molecular flexibility index (Phi) is 2.41. The average molecular weight is 240 g/mol. The van der Waals surface area contributed by atoms with Gasteiger partial charge in [0.05, 0.1) is 11.4 Å². The second-order valence-electron chi connectivity index (χ2n) is 4.08. The number of rotatable bonds is 1. The molecule has 2 aromatic carbocycles. The molecule has 18 heavy (non-hydrogen) atoms. The molecule has 0 aromatic heterocycles. The normalized spacial score (nSPS) is 11.6. The van der Waals surface area contributed by atoms with Gasteiger partial charge in [0.15, 0.2) is 11.5 Å². The Balaban J connectivity index is 2.04. The topological polar surface area (TPSA) is 50.4 Å². The number of hydrogen-bond donors (Lipinski definition) is 2. The monoisotopic (exact) mass is 240 g/mol. The molecule has 90 valence electrons. The molecule has 0 spiro atoms. The predicted octanol–water partition coefficient (Wildman–Crippen LogP) is 3.49. The van der Waals surface area contributed by atoms with Gasteiger partial charge in [0.25, 0.3) is 0 Å². The van der Waals surface area contributed by atoms with Crippen LogP contribution in [0.2, 0.25) is 0 Å². The van der Waals surface area contributed by atoms with E-state index in [0.717, 1.165) is 22.8 Å². The van der Waals surface area contributed by atoms with Gasteiger partial charge in [-0.3, -0.25) is 4.79 Å². The number of hydrogen-bond acceptors (Lipinski definition) is 3. The van der Waals surface area contributed by atoms with Crippen molar-refractivity contribution in [3.8, 4) is 11.5 Å². The molecule has 0 bridgehead atoms. The van der Waals surface area contributed by atoms with Crippen molar-refractivity contribution in [2.75, 3.05) is 10.6 Å². The van der Waals surface area contributed by atoms with Crippen LogP contribution in [0, 0.1) is 0 Å². The SMILES string of the molecule is CC(=O)Nc1cccc2c1Nc1ccccc1O2. The highest BCUT2D eigenvalue weighted by Crippen LogP contribution is 2.45. The van der Waals surface area contributed by atoms with Gasteiger partial charge in [0.1, 0.15) is 5.69 Å². The van der Waals surface area contributed by atoms with Crippen molar-refractivity contribution in [1.29, 1.82) is 0 Å². The van der Waals surface area contributed by atoms with Gasteiger partial charge in [-0.25, -0.2) is 0 Å². The van der Waals surface area contributed by atoms with Crippen LogP contribution < -0.4 is 15.4 Å². The number of carbonyl (C=O) groups excluding carboxylic acids is 1.